The molecular weight excluding hydrogens is 240 g/mol. The molecule has 0 fully saturated rings. The molecule has 0 radical (unpaired) electrons. The summed E-state index contributed by atoms with van der Waals surface area (Å²) in [7, 11) is 1.81. The quantitative estimate of drug-likeness (QED) is 0.907. The summed E-state index contributed by atoms with van der Waals surface area (Å²) in [5.74, 6) is 0. The van der Waals surface area contributed by atoms with Crippen LogP contribution in [0.1, 0.15) is 25.0 Å². The fourth-order valence-corrected chi connectivity index (χ4v) is 2.27. The van der Waals surface area contributed by atoms with E-state index in [1.54, 1.807) is 4.90 Å². The van der Waals surface area contributed by atoms with Gasteiger partial charge in [0.05, 0.1) is 12.7 Å². The van der Waals surface area contributed by atoms with Crippen molar-refractivity contribution in [2.75, 3.05) is 13.6 Å². The fourth-order valence-electron chi connectivity index (χ4n) is 2.27. The largest absolute Gasteiger partial charge is 0.371 e. The second-order valence-corrected chi connectivity index (χ2v) is 5.39. The maximum Gasteiger partial charge on any atom is 0.317 e. The van der Waals surface area contributed by atoms with Crippen LogP contribution in [0.5, 0.6) is 0 Å². The highest BCUT2D eigenvalue weighted by Gasteiger charge is 2.22. The number of carbonyl (C=O) groups excluding carboxylic acids is 1. The summed E-state index contributed by atoms with van der Waals surface area (Å²) in [5.41, 5.74) is 2.59. The van der Waals surface area contributed by atoms with Crippen LogP contribution >= 0.6 is 0 Å². The van der Waals surface area contributed by atoms with Gasteiger partial charge in [-0.1, -0.05) is 24.3 Å². The zero-order valence-corrected chi connectivity index (χ0v) is 11.8. The van der Waals surface area contributed by atoms with E-state index >= 15 is 0 Å². The zero-order chi connectivity index (χ0) is 13.8. The van der Waals surface area contributed by atoms with Crippen molar-refractivity contribution in [1.82, 2.24) is 10.2 Å². The predicted molar refractivity (Wildman–Crippen MR) is 75.0 cm³/mol. The number of carbonyl (C=O) groups is 1. The number of urea groups is 1. The third-order valence-corrected chi connectivity index (χ3v) is 3.28. The molecule has 0 aliphatic carbocycles. The number of amides is 2. The summed E-state index contributed by atoms with van der Waals surface area (Å²) in [4.78, 5) is 13.5. The first-order valence-corrected chi connectivity index (χ1v) is 6.76. The van der Waals surface area contributed by atoms with Crippen LogP contribution in [0.15, 0.2) is 24.3 Å². The molecule has 0 saturated heterocycles. The molecule has 1 N–H and O–H groups in total. The van der Waals surface area contributed by atoms with Gasteiger partial charge < -0.3 is 15.0 Å². The highest BCUT2D eigenvalue weighted by molar-refractivity contribution is 5.74. The van der Waals surface area contributed by atoms with Gasteiger partial charge in [0, 0.05) is 26.1 Å². The summed E-state index contributed by atoms with van der Waals surface area (Å²) >= 11 is 0. The Labute approximate surface area is 114 Å². The minimum atomic E-state index is -0.0440. The van der Waals surface area contributed by atoms with Gasteiger partial charge in [0.2, 0.25) is 0 Å². The Kier molecular flexibility index (Phi) is 4.43. The first kappa shape index (κ1) is 13.9. The molecule has 4 nitrogen and oxygen atoms in total. The van der Waals surface area contributed by atoms with Crippen LogP contribution in [0, 0.1) is 0 Å². The molecule has 1 aromatic rings. The van der Waals surface area contributed by atoms with Crippen molar-refractivity contribution >= 4 is 6.03 Å². The molecule has 19 heavy (non-hydrogen) atoms. The first-order chi connectivity index (χ1) is 9.06. The lowest BCUT2D eigenvalue weighted by atomic mass is 9.99. The average molecular weight is 262 g/mol. The molecule has 1 aromatic carbocycles. The summed E-state index contributed by atoms with van der Waals surface area (Å²) in [6.45, 7) is 5.17. The lowest BCUT2D eigenvalue weighted by molar-refractivity contribution is 0.0149. The normalized spacial score (nSPS) is 18.0. The SMILES string of the molecule is CC(C)NC(=O)N(C)CC1Cc2ccccc2CO1. The van der Waals surface area contributed by atoms with Gasteiger partial charge >= 0.3 is 6.03 Å². The average Bonchev–Trinajstić information content (AvgIpc) is 2.37. The zero-order valence-electron chi connectivity index (χ0n) is 11.8. The minimum Gasteiger partial charge on any atom is -0.371 e. The maximum absolute atomic E-state index is 11.8. The monoisotopic (exact) mass is 262 g/mol. The lowest BCUT2D eigenvalue weighted by Gasteiger charge is -2.29. The van der Waals surface area contributed by atoms with Crippen molar-refractivity contribution < 1.29 is 9.53 Å². The van der Waals surface area contributed by atoms with Gasteiger partial charge in [-0.3, -0.25) is 0 Å². The van der Waals surface area contributed by atoms with E-state index in [-0.39, 0.29) is 18.2 Å². The van der Waals surface area contributed by atoms with E-state index in [0.29, 0.717) is 13.2 Å². The summed E-state index contributed by atoms with van der Waals surface area (Å²) in [5, 5.41) is 2.88. The number of nitrogens with zero attached hydrogens (tertiary/aromatic N) is 1. The molecule has 0 aromatic heterocycles. The topological polar surface area (TPSA) is 41.6 Å². The Hall–Kier alpha value is -1.55. The van der Waals surface area contributed by atoms with Crippen LogP contribution in [0.25, 0.3) is 0 Å². The van der Waals surface area contributed by atoms with Gasteiger partial charge in [0.1, 0.15) is 0 Å². The number of hydrogen-bond donors (Lipinski definition) is 1. The molecule has 1 aliphatic rings. The first-order valence-electron chi connectivity index (χ1n) is 6.76. The Bertz CT molecular complexity index is 446. The fraction of sp³-hybridized carbons (Fsp3) is 0.533. The third-order valence-electron chi connectivity index (χ3n) is 3.28. The number of ether oxygens (including phenoxy) is 1. The van der Waals surface area contributed by atoms with Gasteiger partial charge in [-0.05, 0) is 25.0 Å². The second-order valence-electron chi connectivity index (χ2n) is 5.39. The molecule has 0 saturated carbocycles. The van der Waals surface area contributed by atoms with Crippen molar-refractivity contribution in [3.8, 4) is 0 Å². The van der Waals surface area contributed by atoms with E-state index in [2.05, 4.69) is 23.5 Å². The number of likely N-dealkylation sites (N-methyl/N-ethyl adjacent to an activating group) is 1. The number of hydrogen-bond acceptors (Lipinski definition) is 2. The minimum absolute atomic E-state index is 0.0440. The molecule has 0 bridgehead atoms. The molecule has 0 spiro atoms. The Morgan fingerprint density at radius 1 is 1.42 bits per heavy atom. The standard InChI is InChI=1S/C15H22N2O2/c1-11(2)16-15(18)17(3)9-14-8-12-6-4-5-7-13(12)10-19-14/h4-7,11,14H,8-10H2,1-3H3,(H,16,18). The maximum atomic E-state index is 11.8. The van der Waals surface area contributed by atoms with E-state index in [1.165, 1.54) is 11.1 Å². The van der Waals surface area contributed by atoms with Gasteiger partial charge in [-0.15, -0.1) is 0 Å². The van der Waals surface area contributed by atoms with Crippen molar-refractivity contribution in [3.63, 3.8) is 0 Å². The van der Waals surface area contributed by atoms with Gasteiger partial charge in [-0.25, -0.2) is 4.79 Å². The summed E-state index contributed by atoms with van der Waals surface area (Å²) < 4.78 is 5.81. The Morgan fingerprint density at radius 3 is 2.79 bits per heavy atom. The van der Waals surface area contributed by atoms with Crippen LogP contribution in [0.4, 0.5) is 4.79 Å². The smallest absolute Gasteiger partial charge is 0.317 e. The van der Waals surface area contributed by atoms with Crippen molar-refractivity contribution in [2.24, 2.45) is 0 Å². The van der Waals surface area contributed by atoms with Crippen LogP contribution in [0.3, 0.4) is 0 Å². The van der Waals surface area contributed by atoms with E-state index in [0.717, 1.165) is 6.42 Å². The Balaban J connectivity index is 1.90. The molecular formula is C15H22N2O2. The van der Waals surface area contributed by atoms with E-state index in [4.69, 9.17) is 4.74 Å². The van der Waals surface area contributed by atoms with Gasteiger partial charge in [0.15, 0.2) is 0 Å². The molecule has 1 unspecified atom stereocenters. The van der Waals surface area contributed by atoms with E-state index in [1.807, 2.05) is 27.0 Å². The molecule has 2 amide bonds. The number of benzene rings is 1. The second kappa shape index (κ2) is 6.06. The molecule has 4 heteroatoms. The number of rotatable bonds is 3. The van der Waals surface area contributed by atoms with Crippen molar-refractivity contribution in [1.29, 1.82) is 0 Å². The van der Waals surface area contributed by atoms with E-state index in [9.17, 15) is 4.79 Å². The predicted octanol–water partition coefficient (Wildman–Crippen LogP) is 2.18. The van der Waals surface area contributed by atoms with Gasteiger partial charge in [-0.2, -0.15) is 0 Å². The number of fused-ring (bicyclic) bond motifs is 1. The molecule has 104 valence electrons. The summed E-state index contributed by atoms with van der Waals surface area (Å²) in [6, 6.07) is 8.43. The van der Waals surface area contributed by atoms with Crippen molar-refractivity contribution in [3.05, 3.63) is 35.4 Å². The summed E-state index contributed by atoms with van der Waals surface area (Å²) in [6.07, 6.45) is 0.952. The molecule has 1 aliphatic heterocycles. The van der Waals surface area contributed by atoms with Crippen LogP contribution < -0.4 is 5.32 Å². The van der Waals surface area contributed by atoms with Crippen LogP contribution in [-0.2, 0) is 17.8 Å². The highest BCUT2D eigenvalue weighted by atomic mass is 16.5. The highest BCUT2D eigenvalue weighted by Crippen LogP contribution is 2.20. The Morgan fingerprint density at radius 2 is 2.11 bits per heavy atom. The van der Waals surface area contributed by atoms with E-state index < -0.39 is 0 Å². The molecule has 1 atom stereocenters. The molecule has 1 heterocycles. The van der Waals surface area contributed by atoms with Crippen molar-refractivity contribution in [2.45, 2.75) is 39.0 Å². The third kappa shape index (κ3) is 3.70. The molecule has 2 rings (SSSR count). The van der Waals surface area contributed by atoms with Crippen LogP contribution in [0.2, 0.25) is 0 Å². The van der Waals surface area contributed by atoms with Crippen LogP contribution in [-0.4, -0.2) is 36.7 Å². The number of nitrogens with one attached hydrogen (secondary N) is 1. The van der Waals surface area contributed by atoms with Gasteiger partial charge in [0.25, 0.3) is 0 Å². The lowest BCUT2D eigenvalue weighted by Crippen LogP contribution is -2.45.